The van der Waals surface area contributed by atoms with Crippen molar-refractivity contribution < 1.29 is 14.3 Å². The summed E-state index contributed by atoms with van der Waals surface area (Å²) in [5, 5.41) is 4.10. The molecular formula is C21H24ClNO3S. The van der Waals surface area contributed by atoms with E-state index in [2.05, 4.69) is 12.2 Å². The number of fused-ring (bicyclic) bond motifs is 1. The van der Waals surface area contributed by atoms with Crippen LogP contribution >= 0.6 is 22.9 Å². The molecule has 0 saturated heterocycles. The van der Waals surface area contributed by atoms with Gasteiger partial charge in [-0.25, -0.2) is 4.79 Å². The highest BCUT2D eigenvalue weighted by atomic mass is 35.5. The second-order valence-corrected chi connectivity index (χ2v) is 8.36. The van der Waals surface area contributed by atoms with Crippen LogP contribution in [0.1, 0.15) is 64.3 Å². The van der Waals surface area contributed by atoms with Gasteiger partial charge in [-0.05, 0) is 61.4 Å². The third-order valence-electron chi connectivity index (χ3n) is 4.92. The molecule has 0 spiro atoms. The second-order valence-electron chi connectivity index (χ2n) is 6.82. The molecule has 1 N–H and O–H groups in total. The summed E-state index contributed by atoms with van der Waals surface area (Å²) in [5.41, 5.74) is 2.10. The van der Waals surface area contributed by atoms with Gasteiger partial charge in [0, 0.05) is 15.5 Å². The van der Waals surface area contributed by atoms with Crippen molar-refractivity contribution in [2.75, 3.05) is 11.9 Å². The van der Waals surface area contributed by atoms with Gasteiger partial charge in [0.15, 0.2) is 0 Å². The van der Waals surface area contributed by atoms with Crippen LogP contribution in [-0.4, -0.2) is 18.5 Å². The Morgan fingerprint density at radius 3 is 2.67 bits per heavy atom. The van der Waals surface area contributed by atoms with Gasteiger partial charge in [-0.3, -0.25) is 4.79 Å². The monoisotopic (exact) mass is 405 g/mol. The van der Waals surface area contributed by atoms with E-state index in [-0.39, 0.29) is 11.9 Å². The van der Waals surface area contributed by atoms with Crippen molar-refractivity contribution in [1.82, 2.24) is 0 Å². The Bertz CT molecular complexity index is 829. The van der Waals surface area contributed by atoms with Crippen molar-refractivity contribution in [3.63, 3.8) is 0 Å². The molecule has 0 saturated carbocycles. The molecule has 0 bridgehead atoms. The summed E-state index contributed by atoms with van der Waals surface area (Å²) in [7, 11) is 0. The standard InChI is InChI=1S/C21H24ClNO3S/c1-3-11-26-21(25)18-16-10-5-13(4-2)12-17(16)27-20(18)23-19(24)14-6-8-15(22)9-7-14/h6-9,13H,3-5,10-12H2,1-2H3,(H,23,24)/t13-/m1/s1. The number of thiophene rings is 1. The number of anilines is 1. The smallest absolute Gasteiger partial charge is 0.341 e. The number of hydrogen-bond donors (Lipinski definition) is 1. The van der Waals surface area contributed by atoms with Gasteiger partial charge in [-0.15, -0.1) is 11.3 Å². The van der Waals surface area contributed by atoms with E-state index >= 15 is 0 Å². The van der Waals surface area contributed by atoms with Crippen molar-refractivity contribution in [3.05, 3.63) is 50.9 Å². The first-order valence-corrected chi connectivity index (χ1v) is 10.6. The molecule has 0 unspecified atom stereocenters. The van der Waals surface area contributed by atoms with Gasteiger partial charge < -0.3 is 10.1 Å². The van der Waals surface area contributed by atoms with Gasteiger partial charge in [-0.1, -0.05) is 31.9 Å². The van der Waals surface area contributed by atoms with Gasteiger partial charge in [0.1, 0.15) is 5.00 Å². The molecule has 1 aromatic heterocycles. The molecule has 0 fully saturated rings. The lowest BCUT2D eigenvalue weighted by atomic mass is 9.85. The molecule has 27 heavy (non-hydrogen) atoms. The summed E-state index contributed by atoms with van der Waals surface area (Å²) in [6.45, 7) is 4.54. The van der Waals surface area contributed by atoms with Crippen molar-refractivity contribution in [2.45, 2.75) is 46.0 Å². The highest BCUT2D eigenvalue weighted by molar-refractivity contribution is 7.17. The number of rotatable bonds is 6. The van der Waals surface area contributed by atoms with Gasteiger partial charge in [0.25, 0.3) is 5.91 Å². The fourth-order valence-electron chi connectivity index (χ4n) is 3.35. The van der Waals surface area contributed by atoms with Crippen LogP contribution in [-0.2, 0) is 17.6 Å². The zero-order valence-corrected chi connectivity index (χ0v) is 17.2. The van der Waals surface area contributed by atoms with E-state index < -0.39 is 0 Å². The number of carbonyl (C=O) groups is 2. The average Bonchev–Trinajstić information content (AvgIpc) is 3.03. The highest BCUT2D eigenvalue weighted by Gasteiger charge is 2.30. The number of amides is 1. The highest BCUT2D eigenvalue weighted by Crippen LogP contribution is 2.41. The van der Waals surface area contributed by atoms with Crippen LogP contribution in [0.3, 0.4) is 0 Å². The number of hydrogen-bond acceptors (Lipinski definition) is 4. The van der Waals surface area contributed by atoms with Crippen LogP contribution in [0.5, 0.6) is 0 Å². The SMILES string of the molecule is CCCOC(=O)c1c(NC(=O)c2ccc(Cl)cc2)sc2c1CC[C@@H](CC)C2. The summed E-state index contributed by atoms with van der Waals surface area (Å²) < 4.78 is 5.40. The lowest BCUT2D eigenvalue weighted by Crippen LogP contribution is -2.17. The molecule has 0 aliphatic heterocycles. The summed E-state index contributed by atoms with van der Waals surface area (Å²) in [6.07, 6.45) is 4.78. The number of esters is 1. The largest absolute Gasteiger partial charge is 0.462 e. The summed E-state index contributed by atoms with van der Waals surface area (Å²) >= 11 is 7.41. The summed E-state index contributed by atoms with van der Waals surface area (Å²) in [5.74, 6) is 0.0491. The molecule has 3 rings (SSSR count). The van der Waals surface area contributed by atoms with Gasteiger partial charge >= 0.3 is 5.97 Å². The average molecular weight is 406 g/mol. The molecule has 2 aromatic rings. The Kier molecular flexibility index (Phi) is 6.55. The van der Waals surface area contributed by atoms with Gasteiger partial charge in [0.05, 0.1) is 12.2 Å². The Balaban J connectivity index is 1.90. The lowest BCUT2D eigenvalue weighted by molar-refractivity contribution is 0.0505. The molecular weight excluding hydrogens is 382 g/mol. The molecule has 1 aliphatic carbocycles. The Hall–Kier alpha value is -1.85. The Morgan fingerprint density at radius 2 is 2.00 bits per heavy atom. The summed E-state index contributed by atoms with van der Waals surface area (Å²) in [4.78, 5) is 26.5. The van der Waals surface area contributed by atoms with E-state index in [0.29, 0.717) is 33.7 Å². The first kappa shape index (κ1) is 19.9. The minimum absolute atomic E-state index is 0.248. The normalized spacial score (nSPS) is 15.9. The molecule has 1 aromatic carbocycles. The third kappa shape index (κ3) is 4.53. The fraction of sp³-hybridized carbons (Fsp3) is 0.429. The molecule has 4 nitrogen and oxygen atoms in total. The van der Waals surface area contributed by atoms with E-state index in [0.717, 1.165) is 37.7 Å². The maximum Gasteiger partial charge on any atom is 0.341 e. The Labute approximate surface area is 168 Å². The minimum Gasteiger partial charge on any atom is -0.462 e. The van der Waals surface area contributed by atoms with Crippen LogP contribution in [0.2, 0.25) is 5.02 Å². The van der Waals surface area contributed by atoms with Crippen LogP contribution in [0.4, 0.5) is 5.00 Å². The fourth-order valence-corrected chi connectivity index (χ4v) is 4.82. The van der Waals surface area contributed by atoms with Gasteiger partial charge in [-0.2, -0.15) is 0 Å². The molecule has 1 amide bonds. The topological polar surface area (TPSA) is 55.4 Å². The summed E-state index contributed by atoms with van der Waals surface area (Å²) in [6, 6.07) is 6.71. The van der Waals surface area contributed by atoms with E-state index in [1.807, 2.05) is 6.92 Å². The van der Waals surface area contributed by atoms with Crippen LogP contribution < -0.4 is 5.32 Å². The van der Waals surface area contributed by atoms with Crippen molar-refractivity contribution in [2.24, 2.45) is 5.92 Å². The quantitative estimate of drug-likeness (QED) is 0.624. The third-order valence-corrected chi connectivity index (χ3v) is 6.34. The Morgan fingerprint density at radius 1 is 1.26 bits per heavy atom. The lowest BCUT2D eigenvalue weighted by Gasteiger charge is -2.21. The minimum atomic E-state index is -0.337. The number of benzene rings is 1. The van der Waals surface area contributed by atoms with Gasteiger partial charge in [0.2, 0.25) is 0 Å². The first-order chi connectivity index (χ1) is 13.0. The molecule has 6 heteroatoms. The van der Waals surface area contributed by atoms with Crippen LogP contribution in [0, 0.1) is 5.92 Å². The van der Waals surface area contributed by atoms with Crippen molar-refractivity contribution in [3.8, 4) is 0 Å². The van der Waals surface area contributed by atoms with E-state index in [9.17, 15) is 9.59 Å². The number of halogens is 1. The maximum atomic E-state index is 12.7. The van der Waals surface area contributed by atoms with Crippen LogP contribution in [0.15, 0.2) is 24.3 Å². The zero-order chi connectivity index (χ0) is 19.4. The predicted octanol–water partition coefficient (Wildman–Crippen LogP) is 5.74. The van der Waals surface area contributed by atoms with E-state index in [1.54, 1.807) is 24.3 Å². The number of ether oxygens (including phenoxy) is 1. The zero-order valence-electron chi connectivity index (χ0n) is 15.6. The van der Waals surface area contributed by atoms with Crippen molar-refractivity contribution >= 4 is 39.8 Å². The van der Waals surface area contributed by atoms with E-state index in [4.69, 9.17) is 16.3 Å². The maximum absolute atomic E-state index is 12.7. The second kappa shape index (κ2) is 8.89. The van der Waals surface area contributed by atoms with Crippen LogP contribution in [0.25, 0.3) is 0 Å². The number of carbonyl (C=O) groups excluding carboxylic acids is 2. The van der Waals surface area contributed by atoms with Crippen molar-refractivity contribution in [1.29, 1.82) is 0 Å². The van der Waals surface area contributed by atoms with E-state index in [1.165, 1.54) is 16.2 Å². The first-order valence-electron chi connectivity index (χ1n) is 9.42. The molecule has 144 valence electrons. The molecule has 1 aliphatic rings. The molecule has 1 heterocycles. The number of nitrogens with one attached hydrogen (secondary N) is 1. The molecule has 0 radical (unpaired) electrons. The predicted molar refractivity (Wildman–Crippen MR) is 110 cm³/mol. The molecule has 1 atom stereocenters.